The standard InChI is InChI=1S/C29H52N4O3.2BrH/c1-31(2)29(35)36-26-21-18-22-30-27(26)28(34)33(5,6)24-17-12-10-8-7-9-11-16-23-32(3,4)25-19-14-13-15-20-25;;/h18,21-22,25H,7-17,19-20,23-24H2,1-6H3;2*1H/q+2;;/p-2. The van der Waals surface area contributed by atoms with Crippen LogP contribution in [0.4, 0.5) is 4.79 Å². The lowest BCUT2D eigenvalue weighted by molar-refractivity contribution is -0.916. The normalized spacial score (nSPS) is 14.3. The summed E-state index contributed by atoms with van der Waals surface area (Å²) in [5.74, 6) is 0.0834. The summed E-state index contributed by atoms with van der Waals surface area (Å²) in [7, 11) is 11.9. The van der Waals surface area contributed by atoms with Gasteiger partial charge in [-0.05, 0) is 63.5 Å². The van der Waals surface area contributed by atoms with E-state index in [4.69, 9.17) is 4.74 Å². The number of carbonyl (C=O) groups excluding carboxylic acids is 2. The van der Waals surface area contributed by atoms with E-state index in [9.17, 15) is 9.59 Å². The molecular formula is C29H52Br2N4O3. The van der Waals surface area contributed by atoms with Crippen molar-refractivity contribution < 1.29 is 57.3 Å². The van der Waals surface area contributed by atoms with E-state index in [1.54, 1.807) is 32.4 Å². The summed E-state index contributed by atoms with van der Waals surface area (Å²) < 4.78 is 6.77. The van der Waals surface area contributed by atoms with Gasteiger partial charge in [0.2, 0.25) is 5.69 Å². The lowest BCUT2D eigenvalue weighted by atomic mass is 9.93. The summed E-state index contributed by atoms with van der Waals surface area (Å²) in [5, 5.41) is 0. The molecule has 1 aliphatic rings. The predicted octanol–water partition coefficient (Wildman–Crippen LogP) is -0.103. The fourth-order valence-electron chi connectivity index (χ4n) is 5.26. The van der Waals surface area contributed by atoms with E-state index in [-0.39, 0.29) is 55.8 Å². The smallest absolute Gasteiger partial charge is 0.414 e. The fourth-order valence-corrected chi connectivity index (χ4v) is 5.26. The third-order valence-corrected chi connectivity index (χ3v) is 7.85. The van der Waals surface area contributed by atoms with Gasteiger partial charge in [0.15, 0.2) is 5.75 Å². The van der Waals surface area contributed by atoms with Gasteiger partial charge in [-0.1, -0.05) is 32.1 Å². The molecule has 1 aromatic rings. The van der Waals surface area contributed by atoms with Gasteiger partial charge in [-0.2, -0.15) is 0 Å². The molecule has 9 heteroatoms. The summed E-state index contributed by atoms with van der Waals surface area (Å²) in [6, 6.07) is 4.18. The lowest BCUT2D eigenvalue weighted by Gasteiger charge is -2.40. The topological polar surface area (TPSA) is 59.5 Å². The number of hydrogen-bond acceptors (Lipinski definition) is 4. The highest BCUT2D eigenvalue weighted by Gasteiger charge is 2.32. The second kappa shape index (κ2) is 18.3. The highest BCUT2D eigenvalue weighted by atomic mass is 79.9. The number of amides is 2. The molecule has 0 unspecified atom stereocenters. The van der Waals surface area contributed by atoms with Crippen LogP contribution in [0.25, 0.3) is 0 Å². The summed E-state index contributed by atoms with van der Waals surface area (Å²) in [4.78, 5) is 30.7. The number of nitrogens with zero attached hydrogens (tertiary/aromatic N) is 4. The van der Waals surface area contributed by atoms with Crippen molar-refractivity contribution in [3.8, 4) is 5.75 Å². The fraction of sp³-hybridized carbons (Fsp3) is 0.759. The van der Waals surface area contributed by atoms with Crippen LogP contribution in [-0.4, -0.2) is 92.3 Å². The molecule has 220 valence electrons. The van der Waals surface area contributed by atoms with Gasteiger partial charge in [0.05, 0.1) is 47.3 Å². The first-order chi connectivity index (χ1) is 17.0. The molecule has 0 aromatic carbocycles. The zero-order valence-electron chi connectivity index (χ0n) is 24.7. The SMILES string of the molecule is CN(C)C(=O)Oc1cccnc1C(=O)[N+](C)(C)CCCCCCCCCC[N+](C)(C)C1CCCCC1.[Br-].[Br-]. The van der Waals surface area contributed by atoms with E-state index in [2.05, 4.69) is 19.1 Å². The molecule has 1 aromatic heterocycles. The molecule has 0 radical (unpaired) electrons. The monoisotopic (exact) mass is 662 g/mol. The van der Waals surface area contributed by atoms with Gasteiger partial charge < -0.3 is 48.1 Å². The molecule has 7 nitrogen and oxygen atoms in total. The second-order valence-electron chi connectivity index (χ2n) is 11.9. The van der Waals surface area contributed by atoms with Crippen LogP contribution in [0.2, 0.25) is 0 Å². The van der Waals surface area contributed by atoms with Crippen molar-refractivity contribution in [1.82, 2.24) is 9.88 Å². The van der Waals surface area contributed by atoms with E-state index in [1.165, 1.54) is 86.6 Å². The molecule has 2 amide bonds. The second-order valence-corrected chi connectivity index (χ2v) is 11.9. The Hall–Kier alpha value is -1.03. The van der Waals surface area contributed by atoms with Gasteiger partial charge in [0, 0.05) is 20.3 Å². The minimum absolute atomic E-state index is 0. The van der Waals surface area contributed by atoms with Crippen molar-refractivity contribution in [1.29, 1.82) is 0 Å². The Bertz CT molecular complexity index is 828. The third-order valence-electron chi connectivity index (χ3n) is 7.85. The van der Waals surface area contributed by atoms with E-state index in [1.807, 2.05) is 14.1 Å². The lowest BCUT2D eigenvalue weighted by Crippen LogP contribution is -3.00. The van der Waals surface area contributed by atoms with Gasteiger partial charge in [-0.3, -0.25) is 4.48 Å². The van der Waals surface area contributed by atoms with Crippen LogP contribution >= 0.6 is 0 Å². The van der Waals surface area contributed by atoms with Gasteiger partial charge in [-0.15, -0.1) is 0 Å². The number of carbonyl (C=O) groups is 2. The zero-order valence-corrected chi connectivity index (χ0v) is 27.9. The maximum Gasteiger partial charge on any atom is 0.414 e. The molecule has 0 aliphatic heterocycles. The van der Waals surface area contributed by atoms with Gasteiger partial charge in [0.25, 0.3) is 0 Å². The Balaban J connectivity index is 0.00000684. The van der Waals surface area contributed by atoms with Crippen molar-refractivity contribution in [2.75, 3.05) is 55.4 Å². The van der Waals surface area contributed by atoms with Crippen molar-refractivity contribution in [2.24, 2.45) is 0 Å². The molecule has 0 saturated heterocycles. The van der Waals surface area contributed by atoms with E-state index >= 15 is 0 Å². The van der Waals surface area contributed by atoms with Crippen molar-refractivity contribution in [3.63, 3.8) is 0 Å². The van der Waals surface area contributed by atoms with E-state index < -0.39 is 6.09 Å². The number of aromatic nitrogens is 1. The number of halogens is 2. The van der Waals surface area contributed by atoms with Gasteiger partial charge >= 0.3 is 12.0 Å². The van der Waals surface area contributed by atoms with Crippen LogP contribution in [0, 0.1) is 0 Å². The Kier molecular flexibility index (Phi) is 17.8. The predicted molar refractivity (Wildman–Crippen MR) is 146 cm³/mol. The minimum atomic E-state index is -0.519. The molecular weight excluding hydrogens is 612 g/mol. The van der Waals surface area contributed by atoms with Crippen LogP contribution in [0.1, 0.15) is 94.0 Å². The molecule has 1 fully saturated rings. The van der Waals surface area contributed by atoms with Gasteiger partial charge in [-0.25, -0.2) is 14.6 Å². The van der Waals surface area contributed by atoms with Crippen LogP contribution in [-0.2, 0) is 0 Å². The van der Waals surface area contributed by atoms with E-state index in [0.29, 0.717) is 0 Å². The summed E-state index contributed by atoms with van der Waals surface area (Å²) in [6.07, 6.45) is 18.1. The molecule has 1 aliphatic carbocycles. The first-order valence-electron chi connectivity index (χ1n) is 14.1. The molecule has 1 heterocycles. The van der Waals surface area contributed by atoms with Crippen LogP contribution < -0.4 is 38.7 Å². The number of ether oxygens (including phenoxy) is 1. The van der Waals surface area contributed by atoms with Crippen molar-refractivity contribution in [3.05, 3.63) is 24.0 Å². The Morgan fingerprint density at radius 1 is 0.868 bits per heavy atom. The quantitative estimate of drug-likeness (QED) is 0.206. The largest absolute Gasteiger partial charge is 1.00 e. The van der Waals surface area contributed by atoms with Crippen LogP contribution in [0.3, 0.4) is 0 Å². The summed E-state index contributed by atoms with van der Waals surface area (Å²) in [5.41, 5.74) is 0.211. The first-order valence-corrected chi connectivity index (χ1v) is 14.1. The molecule has 0 atom stereocenters. The Morgan fingerprint density at radius 3 is 1.95 bits per heavy atom. The maximum atomic E-state index is 13.2. The molecule has 38 heavy (non-hydrogen) atoms. The molecule has 0 N–H and O–H groups in total. The van der Waals surface area contributed by atoms with E-state index in [0.717, 1.165) is 25.4 Å². The molecule has 0 bridgehead atoms. The molecule has 2 rings (SSSR count). The first kappa shape index (κ1) is 37.0. The number of pyridine rings is 1. The van der Waals surface area contributed by atoms with Crippen LogP contribution in [0.15, 0.2) is 18.3 Å². The highest BCUT2D eigenvalue weighted by molar-refractivity contribution is 5.90. The number of quaternary nitrogens is 2. The zero-order chi connectivity index (χ0) is 26.6. The third kappa shape index (κ3) is 12.4. The summed E-state index contributed by atoms with van der Waals surface area (Å²) in [6.45, 7) is 2.06. The minimum Gasteiger partial charge on any atom is -1.00 e. The van der Waals surface area contributed by atoms with Crippen molar-refractivity contribution in [2.45, 2.75) is 89.5 Å². The Labute approximate surface area is 253 Å². The average Bonchev–Trinajstić information content (AvgIpc) is 2.85. The van der Waals surface area contributed by atoms with Crippen LogP contribution in [0.5, 0.6) is 5.75 Å². The van der Waals surface area contributed by atoms with Gasteiger partial charge in [0.1, 0.15) is 0 Å². The number of hydrogen-bond donors (Lipinski definition) is 0. The molecule has 0 spiro atoms. The van der Waals surface area contributed by atoms with Crippen molar-refractivity contribution >= 4 is 12.0 Å². The Morgan fingerprint density at radius 2 is 1.39 bits per heavy atom. The maximum absolute atomic E-state index is 13.2. The molecule has 1 saturated carbocycles. The number of unbranched alkanes of at least 4 members (excludes halogenated alkanes) is 7. The number of rotatable bonds is 14. The average molecular weight is 665 g/mol. The summed E-state index contributed by atoms with van der Waals surface area (Å²) >= 11 is 0. The highest BCUT2D eigenvalue weighted by Crippen LogP contribution is 2.26.